The molecule has 10 heteroatoms. The van der Waals surface area contributed by atoms with Gasteiger partial charge in [0.05, 0.1) is 12.2 Å². The van der Waals surface area contributed by atoms with Gasteiger partial charge in [-0.1, -0.05) is 0 Å². The number of carbonyl (C=O) groups excluding carboxylic acids is 1. The summed E-state index contributed by atoms with van der Waals surface area (Å²) in [5.74, 6) is 0.933. The van der Waals surface area contributed by atoms with E-state index >= 15 is 0 Å². The summed E-state index contributed by atoms with van der Waals surface area (Å²) in [7, 11) is 1.55. The van der Waals surface area contributed by atoms with Crippen molar-refractivity contribution in [3.8, 4) is 5.75 Å². The Labute approximate surface area is 183 Å². The second-order valence-electron chi connectivity index (χ2n) is 8.60. The SMILES string of the molecule is C[C@@H](NC(=O)Oc1cnn2ccc(N3CCC[C@@H]3c3cc(F)cn(C)c3=O)nc12)C1CC1. The second-order valence-corrected chi connectivity index (χ2v) is 8.60. The van der Waals surface area contributed by atoms with Gasteiger partial charge >= 0.3 is 6.09 Å². The summed E-state index contributed by atoms with van der Waals surface area (Å²) in [5, 5.41) is 7.06. The molecule has 2 aliphatic rings. The standard InChI is InChI=1S/C22H25FN6O3/c1-13(14-5-6-14)25-22(31)32-18-11-24-29-9-7-19(26-20(18)29)28-8-3-4-17(28)16-10-15(23)12-27(2)21(16)30/h7,9-14,17H,3-6,8H2,1-2H3,(H,25,31)/t13-,17-/m1/s1. The van der Waals surface area contributed by atoms with Crippen molar-refractivity contribution >= 4 is 17.6 Å². The maximum absolute atomic E-state index is 14.0. The minimum atomic E-state index is -0.534. The molecule has 1 aliphatic carbocycles. The van der Waals surface area contributed by atoms with Crippen LogP contribution in [0.2, 0.25) is 0 Å². The summed E-state index contributed by atoms with van der Waals surface area (Å²) in [6, 6.07) is 2.88. The molecule has 1 saturated heterocycles. The van der Waals surface area contributed by atoms with E-state index in [9.17, 15) is 14.0 Å². The molecule has 2 fully saturated rings. The molecule has 1 amide bonds. The number of nitrogens with one attached hydrogen (secondary N) is 1. The van der Waals surface area contributed by atoms with E-state index in [0.29, 0.717) is 29.5 Å². The average Bonchev–Trinajstić information content (AvgIpc) is 3.38. The Morgan fingerprint density at radius 2 is 2.16 bits per heavy atom. The van der Waals surface area contributed by atoms with E-state index in [4.69, 9.17) is 4.74 Å². The molecule has 0 radical (unpaired) electrons. The van der Waals surface area contributed by atoms with Crippen molar-refractivity contribution in [2.45, 2.75) is 44.7 Å². The highest BCUT2D eigenvalue weighted by atomic mass is 19.1. The zero-order chi connectivity index (χ0) is 22.4. The topological polar surface area (TPSA) is 93.8 Å². The maximum atomic E-state index is 14.0. The summed E-state index contributed by atoms with van der Waals surface area (Å²) in [6.07, 6.45) is 7.64. The molecule has 0 unspecified atom stereocenters. The number of hydrogen-bond acceptors (Lipinski definition) is 6. The van der Waals surface area contributed by atoms with Crippen LogP contribution in [-0.4, -0.2) is 37.8 Å². The van der Waals surface area contributed by atoms with Gasteiger partial charge in [0.25, 0.3) is 5.56 Å². The lowest BCUT2D eigenvalue weighted by Crippen LogP contribution is -2.36. The second kappa shape index (κ2) is 7.92. The van der Waals surface area contributed by atoms with Crippen LogP contribution in [0.25, 0.3) is 5.65 Å². The minimum Gasteiger partial charge on any atom is -0.405 e. The molecule has 1 N–H and O–H groups in total. The summed E-state index contributed by atoms with van der Waals surface area (Å²) in [5.41, 5.74) is 0.582. The van der Waals surface area contributed by atoms with E-state index in [2.05, 4.69) is 15.4 Å². The number of anilines is 1. The fraction of sp³-hybridized carbons (Fsp3) is 0.455. The van der Waals surface area contributed by atoms with E-state index in [-0.39, 0.29) is 23.4 Å². The normalized spacial score (nSPS) is 19.3. The lowest BCUT2D eigenvalue weighted by Gasteiger charge is -2.26. The van der Waals surface area contributed by atoms with Crippen LogP contribution in [-0.2, 0) is 7.05 Å². The highest BCUT2D eigenvalue weighted by Crippen LogP contribution is 2.35. The Balaban J connectivity index is 1.42. The molecule has 32 heavy (non-hydrogen) atoms. The first kappa shape index (κ1) is 20.5. The molecule has 2 atom stereocenters. The van der Waals surface area contributed by atoms with E-state index < -0.39 is 11.9 Å². The Hall–Kier alpha value is -3.43. The Kier molecular flexibility index (Phi) is 5.07. The molecule has 1 saturated carbocycles. The lowest BCUT2D eigenvalue weighted by molar-refractivity contribution is 0.196. The van der Waals surface area contributed by atoms with Crippen molar-refractivity contribution in [1.82, 2.24) is 24.5 Å². The number of amides is 1. The summed E-state index contributed by atoms with van der Waals surface area (Å²) in [6.45, 7) is 2.65. The van der Waals surface area contributed by atoms with Crippen LogP contribution in [0.5, 0.6) is 5.75 Å². The number of halogens is 1. The number of ether oxygens (including phenoxy) is 1. The van der Waals surface area contributed by atoms with Crippen molar-refractivity contribution in [3.63, 3.8) is 0 Å². The van der Waals surface area contributed by atoms with Crippen LogP contribution in [0.15, 0.2) is 35.5 Å². The number of aryl methyl sites for hydroxylation is 1. The van der Waals surface area contributed by atoms with Gasteiger partial charge in [-0.25, -0.2) is 18.7 Å². The zero-order valence-corrected chi connectivity index (χ0v) is 18.0. The zero-order valence-electron chi connectivity index (χ0n) is 18.0. The molecular weight excluding hydrogens is 415 g/mol. The third-order valence-corrected chi connectivity index (χ3v) is 6.28. The first-order chi connectivity index (χ1) is 15.4. The minimum absolute atomic E-state index is 0.0621. The molecule has 5 rings (SSSR count). The van der Waals surface area contributed by atoms with Gasteiger partial charge in [-0.15, -0.1) is 0 Å². The van der Waals surface area contributed by atoms with E-state index in [0.717, 1.165) is 25.7 Å². The lowest BCUT2D eigenvalue weighted by atomic mass is 10.1. The highest BCUT2D eigenvalue weighted by molar-refractivity contribution is 5.73. The number of aromatic nitrogens is 4. The van der Waals surface area contributed by atoms with Crippen LogP contribution < -0.4 is 20.5 Å². The average molecular weight is 440 g/mol. The Morgan fingerprint density at radius 3 is 2.94 bits per heavy atom. The first-order valence-electron chi connectivity index (χ1n) is 10.9. The summed E-state index contributed by atoms with van der Waals surface area (Å²) < 4.78 is 22.3. The fourth-order valence-corrected chi connectivity index (χ4v) is 4.40. The molecule has 3 aromatic heterocycles. The van der Waals surface area contributed by atoms with Gasteiger partial charge in [-0.3, -0.25) is 4.79 Å². The number of nitrogens with zero attached hydrogens (tertiary/aromatic N) is 5. The monoisotopic (exact) mass is 440 g/mol. The number of carbonyl (C=O) groups is 1. The maximum Gasteiger partial charge on any atom is 0.413 e. The molecule has 1 aliphatic heterocycles. The van der Waals surface area contributed by atoms with Crippen LogP contribution in [0.3, 0.4) is 0 Å². The Bertz CT molecular complexity index is 1230. The molecular formula is C22H25FN6O3. The molecule has 0 spiro atoms. The molecule has 168 valence electrons. The number of fused-ring (bicyclic) bond motifs is 1. The van der Waals surface area contributed by atoms with Crippen LogP contribution in [0, 0.1) is 11.7 Å². The van der Waals surface area contributed by atoms with Gasteiger partial charge in [-0.2, -0.15) is 5.10 Å². The van der Waals surface area contributed by atoms with Gasteiger partial charge in [-0.05, 0) is 50.7 Å². The summed E-state index contributed by atoms with van der Waals surface area (Å²) >= 11 is 0. The molecule has 0 bridgehead atoms. The first-order valence-corrected chi connectivity index (χ1v) is 10.9. The predicted octanol–water partition coefficient (Wildman–Crippen LogP) is 2.80. The van der Waals surface area contributed by atoms with Crippen molar-refractivity contribution in [2.24, 2.45) is 13.0 Å². The van der Waals surface area contributed by atoms with E-state index in [1.807, 2.05) is 11.8 Å². The van der Waals surface area contributed by atoms with Crippen LogP contribution in [0.4, 0.5) is 15.0 Å². The number of hydrogen-bond donors (Lipinski definition) is 1. The third kappa shape index (κ3) is 3.80. The molecule has 9 nitrogen and oxygen atoms in total. The van der Waals surface area contributed by atoms with Gasteiger partial charge in [0.2, 0.25) is 5.65 Å². The van der Waals surface area contributed by atoms with Crippen LogP contribution >= 0.6 is 0 Å². The van der Waals surface area contributed by atoms with E-state index in [1.165, 1.54) is 27.5 Å². The number of pyridine rings is 1. The Morgan fingerprint density at radius 1 is 1.34 bits per heavy atom. The van der Waals surface area contributed by atoms with Crippen LogP contribution in [0.1, 0.15) is 44.2 Å². The third-order valence-electron chi connectivity index (χ3n) is 6.28. The van der Waals surface area contributed by atoms with Gasteiger partial charge in [0.1, 0.15) is 11.6 Å². The smallest absolute Gasteiger partial charge is 0.405 e. The fourth-order valence-electron chi connectivity index (χ4n) is 4.40. The van der Waals surface area contributed by atoms with E-state index in [1.54, 1.807) is 19.3 Å². The quantitative estimate of drug-likeness (QED) is 0.656. The van der Waals surface area contributed by atoms with Crippen molar-refractivity contribution in [3.05, 3.63) is 52.5 Å². The molecule has 4 heterocycles. The van der Waals surface area contributed by atoms with Gasteiger partial charge in [0, 0.05) is 37.6 Å². The largest absolute Gasteiger partial charge is 0.413 e. The predicted molar refractivity (Wildman–Crippen MR) is 115 cm³/mol. The molecule has 0 aromatic carbocycles. The van der Waals surface area contributed by atoms with Crippen molar-refractivity contribution < 1.29 is 13.9 Å². The number of rotatable bonds is 5. The summed E-state index contributed by atoms with van der Waals surface area (Å²) in [4.78, 5) is 31.6. The molecule has 3 aromatic rings. The van der Waals surface area contributed by atoms with Crippen molar-refractivity contribution in [1.29, 1.82) is 0 Å². The van der Waals surface area contributed by atoms with Gasteiger partial charge in [0.15, 0.2) is 5.75 Å². The highest BCUT2D eigenvalue weighted by Gasteiger charge is 2.31. The van der Waals surface area contributed by atoms with Gasteiger partial charge < -0.3 is 19.5 Å². The van der Waals surface area contributed by atoms with Crippen molar-refractivity contribution in [2.75, 3.05) is 11.4 Å².